The van der Waals surface area contributed by atoms with Gasteiger partial charge < -0.3 is 14.9 Å². The molecule has 3 nitrogen and oxygen atoms in total. The molecule has 1 aliphatic heterocycles. The van der Waals surface area contributed by atoms with Crippen LogP contribution < -0.4 is 4.74 Å². The Morgan fingerprint density at radius 2 is 2.15 bits per heavy atom. The van der Waals surface area contributed by atoms with E-state index < -0.39 is 0 Å². The van der Waals surface area contributed by atoms with Crippen LogP contribution in [0.25, 0.3) is 0 Å². The summed E-state index contributed by atoms with van der Waals surface area (Å²) in [6.07, 6.45) is 1.66. The van der Waals surface area contributed by atoms with Gasteiger partial charge in [0.15, 0.2) is 11.5 Å². The van der Waals surface area contributed by atoms with Gasteiger partial charge in [0.1, 0.15) is 5.75 Å². The van der Waals surface area contributed by atoms with E-state index in [4.69, 9.17) is 4.74 Å². The van der Waals surface area contributed by atoms with Crippen LogP contribution in [0.2, 0.25) is 0 Å². The molecule has 0 aliphatic carbocycles. The minimum Gasteiger partial charge on any atom is -0.508 e. The van der Waals surface area contributed by atoms with Gasteiger partial charge in [0.05, 0.1) is 6.61 Å². The molecule has 0 amide bonds. The number of fused-ring (bicyclic) bond motifs is 1. The first-order chi connectivity index (χ1) is 6.20. The van der Waals surface area contributed by atoms with E-state index in [-0.39, 0.29) is 11.5 Å². The molecule has 0 fully saturated rings. The Morgan fingerprint density at radius 1 is 1.38 bits per heavy atom. The Hall–Kier alpha value is -1.38. The zero-order valence-electron chi connectivity index (χ0n) is 7.50. The summed E-state index contributed by atoms with van der Waals surface area (Å²) >= 11 is 0. The molecule has 1 aliphatic rings. The molecule has 0 radical (unpaired) electrons. The van der Waals surface area contributed by atoms with Crippen molar-refractivity contribution in [3.8, 4) is 17.2 Å². The molecule has 2 rings (SSSR count). The number of aromatic hydroxyl groups is 2. The van der Waals surface area contributed by atoms with E-state index in [2.05, 4.69) is 0 Å². The van der Waals surface area contributed by atoms with Gasteiger partial charge in [-0.3, -0.25) is 0 Å². The van der Waals surface area contributed by atoms with Crippen molar-refractivity contribution in [2.45, 2.75) is 19.8 Å². The summed E-state index contributed by atoms with van der Waals surface area (Å²) in [4.78, 5) is 0. The Bertz CT molecular complexity index is 345. The Labute approximate surface area is 76.6 Å². The average Bonchev–Trinajstić information content (AvgIpc) is 2.15. The van der Waals surface area contributed by atoms with Crippen molar-refractivity contribution in [2.75, 3.05) is 6.61 Å². The highest BCUT2D eigenvalue weighted by Crippen LogP contribution is 2.41. The summed E-state index contributed by atoms with van der Waals surface area (Å²) in [6.45, 7) is 2.36. The molecule has 0 unspecified atom stereocenters. The van der Waals surface area contributed by atoms with Crippen LogP contribution in [-0.2, 0) is 6.42 Å². The maximum atomic E-state index is 9.63. The standard InChI is InChI=1S/C10H12O3/c1-6-5-8(11)7-3-2-4-13-10(7)9(6)12/h5,11-12H,2-4H2,1H3. The van der Waals surface area contributed by atoms with Crippen molar-refractivity contribution in [1.82, 2.24) is 0 Å². The summed E-state index contributed by atoms with van der Waals surface area (Å²) in [7, 11) is 0. The van der Waals surface area contributed by atoms with Gasteiger partial charge in [0, 0.05) is 5.56 Å². The number of hydrogen-bond acceptors (Lipinski definition) is 3. The van der Waals surface area contributed by atoms with Crippen LogP contribution in [0.3, 0.4) is 0 Å². The van der Waals surface area contributed by atoms with Crippen molar-refractivity contribution in [1.29, 1.82) is 0 Å². The minimum atomic E-state index is 0.160. The quantitative estimate of drug-likeness (QED) is 0.598. The summed E-state index contributed by atoms with van der Waals surface area (Å²) in [5, 5.41) is 19.2. The van der Waals surface area contributed by atoms with Gasteiger partial charge in [-0.1, -0.05) is 0 Å². The summed E-state index contributed by atoms with van der Waals surface area (Å²) < 4.78 is 5.31. The second-order valence-corrected chi connectivity index (χ2v) is 3.32. The van der Waals surface area contributed by atoms with Crippen molar-refractivity contribution in [3.63, 3.8) is 0 Å². The fraction of sp³-hybridized carbons (Fsp3) is 0.400. The monoisotopic (exact) mass is 180 g/mol. The summed E-state index contributed by atoms with van der Waals surface area (Å²) in [6, 6.07) is 1.57. The maximum Gasteiger partial charge on any atom is 0.168 e. The average molecular weight is 180 g/mol. The molecule has 3 heteroatoms. The molecule has 0 saturated heterocycles. The zero-order valence-corrected chi connectivity index (χ0v) is 7.50. The lowest BCUT2D eigenvalue weighted by Gasteiger charge is -2.20. The number of hydrogen-bond donors (Lipinski definition) is 2. The van der Waals surface area contributed by atoms with Crippen LogP contribution in [0.4, 0.5) is 0 Å². The van der Waals surface area contributed by atoms with Crippen LogP contribution >= 0.6 is 0 Å². The number of phenols is 2. The van der Waals surface area contributed by atoms with Gasteiger partial charge >= 0.3 is 0 Å². The molecule has 1 aromatic carbocycles. The minimum absolute atomic E-state index is 0.160. The lowest BCUT2D eigenvalue weighted by molar-refractivity contribution is 0.267. The predicted octanol–water partition coefficient (Wildman–Crippen LogP) is 1.73. The largest absolute Gasteiger partial charge is 0.508 e. The van der Waals surface area contributed by atoms with Gasteiger partial charge in [-0.25, -0.2) is 0 Å². The molecule has 0 bridgehead atoms. The van der Waals surface area contributed by atoms with E-state index in [1.807, 2.05) is 0 Å². The number of benzene rings is 1. The zero-order chi connectivity index (χ0) is 9.42. The molecule has 2 N–H and O–H groups in total. The van der Waals surface area contributed by atoms with Gasteiger partial charge in [-0.2, -0.15) is 0 Å². The lowest BCUT2D eigenvalue weighted by Crippen LogP contribution is -2.09. The second-order valence-electron chi connectivity index (χ2n) is 3.32. The number of ether oxygens (including phenoxy) is 1. The summed E-state index contributed by atoms with van der Waals surface area (Å²) in [5.41, 5.74) is 1.38. The van der Waals surface area contributed by atoms with E-state index in [1.54, 1.807) is 13.0 Å². The van der Waals surface area contributed by atoms with Gasteiger partial charge in [-0.05, 0) is 31.4 Å². The lowest BCUT2D eigenvalue weighted by atomic mass is 10.0. The van der Waals surface area contributed by atoms with E-state index >= 15 is 0 Å². The first-order valence-corrected chi connectivity index (χ1v) is 4.37. The van der Waals surface area contributed by atoms with Gasteiger partial charge in [0.25, 0.3) is 0 Å². The van der Waals surface area contributed by atoms with E-state index in [0.717, 1.165) is 18.4 Å². The highest BCUT2D eigenvalue weighted by atomic mass is 16.5. The number of rotatable bonds is 0. The molecule has 1 aromatic rings. The third-order valence-corrected chi connectivity index (χ3v) is 2.34. The SMILES string of the molecule is Cc1cc(O)c2c(c1O)OCCC2. The van der Waals surface area contributed by atoms with Crippen molar-refractivity contribution < 1.29 is 14.9 Å². The van der Waals surface area contributed by atoms with E-state index in [1.165, 1.54) is 0 Å². The molecule has 0 spiro atoms. The van der Waals surface area contributed by atoms with E-state index in [9.17, 15) is 10.2 Å². The third-order valence-electron chi connectivity index (χ3n) is 2.34. The first kappa shape index (κ1) is 8.23. The highest BCUT2D eigenvalue weighted by Gasteiger charge is 2.19. The highest BCUT2D eigenvalue weighted by molar-refractivity contribution is 5.57. The van der Waals surface area contributed by atoms with Crippen LogP contribution in [0, 0.1) is 6.92 Å². The predicted molar refractivity (Wildman–Crippen MR) is 48.3 cm³/mol. The van der Waals surface area contributed by atoms with Gasteiger partial charge in [-0.15, -0.1) is 0 Å². The second kappa shape index (κ2) is 2.83. The van der Waals surface area contributed by atoms with Crippen LogP contribution in [0.5, 0.6) is 17.2 Å². The molecule has 13 heavy (non-hydrogen) atoms. The number of aryl methyl sites for hydroxylation is 1. The molecular formula is C10H12O3. The fourth-order valence-corrected chi connectivity index (χ4v) is 1.62. The first-order valence-electron chi connectivity index (χ1n) is 4.37. The normalized spacial score (nSPS) is 14.8. The third kappa shape index (κ3) is 1.20. The van der Waals surface area contributed by atoms with Crippen LogP contribution in [0.1, 0.15) is 17.5 Å². The smallest absolute Gasteiger partial charge is 0.168 e. The Balaban J connectivity index is 2.63. The van der Waals surface area contributed by atoms with Gasteiger partial charge in [0.2, 0.25) is 0 Å². The topological polar surface area (TPSA) is 49.7 Å². The number of phenolic OH excluding ortho intramolecular Hbond substituents is 2. The molecular weight excluding hydrogens is 168 g/mol. The Kier molecular flexibility index (Phi) is 1.79. The van der Waals surface area contributed by atoms with Crippen LogP contribution in [0.15, 0.2) is 6.07 Å². The molecule has 0 saturated carbocycles. The van der Waals surface area contributed by atoms with Crippen molar-refractivity contribution in [2.24, 2.45) is 0 Å². The fourth-order valence-electron chi connectivity index (χ4n) is 1.62. The van der Waals surface area contributed by atoms with E-state index in [0.29, 0.717) is 17.9 Å². The summed E-state index contributed by atoms with van der Waals surface area (Å²) in [5.74, 6) is 0.848. The molecule has 70 valence electrons. The molecule has 0 atom stereocenters. The van der Waals surface area contributed by atoms with Crippen LogP contribution in [-0.4, -0.2) is 16.8 Å². The van der Waals surface area contributed by atoms with Crippen molar-refractivity contribution in [3.05, 3.63) is 17.2 Å². The maximum absolute atomic E-state index is 9.63. The van der Waals surface area contributed by atoms with Crippen molar-refractivity contribution >= 4 is 0 Å². The molecule has 1 heterocycles. The molecule has 0 aromatic heterocycles. The Morgan fingerprint density at radius 3 is 2.92 bits per heavy atom.